The lowest BCUT2D eigenvalue weighted by Gasteiger charge is -2.27. The zero-order valence-electron chi connectivity index (χ0n) is 7.45. The Morgan fingerprint density at radius 3 is 2.00 bits per heavy atom. The van der Waals surface area contributed by atoms with Gasteiger partial charge in [0.15, 0.2) is 0 Å². The topological polar surface area (TPSA) is 12.0 Å². The highest BCUT2D eigenvalue weighted by Crippen LogP contribution is 2.09. The van der Waals surface area contributed by atoms with Crippen molar-refractivity contribution in [3.63, 3.8) is 0 Å². The fourth-order valence-electron chi connectivity index (χ4n) is 0.581. The molecule has 0 aromatic heterocycles. The summed E-state index contributed by atoms with van der Waals surface area (Å²) in [6.45, 7) is 7.33. The maximum Gasteiger partial charge on any atom is 0.0425 e. The molecule has 0 aromatic carbocycles. The molecule has 0 fully saturated rings. The Kier molecular flexibility index (Phi) is 5.49. The number of hydrogen-bond donors (Lipinski definition) is 1. The Bertz CT molecular complexity index is 100. The van der Waals surface area contributed by atoms with E-state index in [4.69, 9.17) is 23.2 Å². The van der Waals surface area contributed by atoms with Gasteiger partial charge >= 0.3 is 0 Å². The maximum atomic E-state index is 5.75. The quantitative estimate of drug-likeness (QED) is 0.669. The molecule has 0 rings (SSSR count). The number of halogens is 2. The standard InChI is InChI=1S/C8H17Cl2N/c1-7(2)4-11-8(3,5-9)6-10/h7,11H,4-6H2,1-3H3. The summed E-state index contributed by atoms with van der Waals surface area (Å²) in [5, 5.41) is 3.33. The highest BCUT2D eigenvalue weighted by Gasteiger charge is 2.20. The fourth-order valence-corrected chi connectivity index (χ4v) is 1.06. The Balaban J connectivity index is 3.69. The molecule has 0 aliphatic heterocycles. The second-order valence-electron chi connectivity index (χ2n) is 3.60. The molecule has 0 bridgehead atoms. The van der Waals surface area contributed by atoms with E-state index >= 15 is 0 Å². The summed E-state index contributed by atoms with van der Waals surface area (Å²) in [6.07, 6.45) is 0. The van der Waals surface area contributed by atoms with Gasteiger partial charge in [-0.2, -0.15) is 0 Å². The highest BCUT2D eigenvalue weighted by atomic mass is 35.5. The third-order valence-electron chi connectivity index (χ3n) is 1.53. The van der Waals surface area contributed by atoms with Crippen molar-refractivity contribution in [2.75, 3.05) is 18.3 Å². The van der Waals surface area contributed by atoms with Crippen molar-refractivity contribution in [2.24, 2.45) is 5.92 Å². The SMILES string of the molecule is CC(C)CNC(C)(CCl)CCl. The largest absolute Gasteiger partial charge is 0.309 e. The zero-order valence-corrected chi connectivity index (χ0v) is 8.97. The third-order valence-corrected chi connectivity index (χ3v) is 2.71. The van der Waals surface area contributed by atoms with Crippen LogP contribution in [0.1, 0.15) is 20.8 Å². The minimum Gasteiger partial charge on any atom is -0.309 e. The van der Waals surface area contributed by atoms with Gasteiger partial charge in [0, 0.05) is 17.3 Å². The molecule has 0 spiro atoms. The Hall–Kier alpha value is 0.540. The summed E-state index contributed by atoms with van der Waals surface area (Å²) in [5.41, 5.74) is -0.104. The van der Waals surface area contributed by atoms with Crippen LogP contribution < -0.4 is 5.32 Å². The third kappa shape index (κ3) is 4.89. The van der Waals surface area contributed by atoms with E-state index < -0.39 is 0 Å². The van der Waals surface area contributed by atoms with Crippen molar-refractivity contribution in [1.29, 1.82) is 0 Å². The molecule has 0 radical (unpaired) electrons. The molecule has 1 nitrogen and oxygen atoms in total. The molecule has 0 saturated heterocycles. The average molecular weight is 198 g/mol. The van der Waals surface area contributed by atoms with Crippen LogP contribution in [0.3, 0.4) is 0 Å². The molecule has 68 valence electrons. The van der Waals surface area contributed by atoms with E-state index in [1.54, 1.807) is 0 Å². The molecule has 0 aliphatic rings. The Morgan fingerprint density at radius 2 is 1.73 bits per heavy atom. The van der Waals surface area contributed by atoms with Gasteiger partial charge in [0.25, 0.3) is 0 Å². The molecule has 11 heavy (non-hydrogen) atoms. The molecule has 1 N–H and O–H groups in total. The average Bonchev–Trinajstić information content (AvgIpc) is 2.00. The van der Waals surface area contributed by atoms with Crippen molar-refractivity contribution < 1.29 is 0 Å². The van der Waals surface area contributed by atoms with Crippen LogP contribution in [0.2, 0.25) is 0 Å². The fraction of sp³-hybridized carbons (Fsp3) is 1.00. The molecular weight excluding hydrogens is 181 g/mol. The van der Waals surface area contributed by atoms with Gasteiger partial charge in [-0.05, 0) is 19.4 Å². The lowest BCUT2D eigenvalue weighted by atomic mass is 10.1. The Morgan fingerprint density at radius 1 is 1.27 bits per heavy atom. The van der Waals surface area contributed by atoms with Crippen LogP contribution in [0, 0.1) is 5.92 Å². The summed E-state index contributed by atoms with van der Waals surface area (Å²) in [5.74, 6) is 1.76. The van der Waals surface area contributed by atoms with E-state index in [-0.39, 0.29) is 5.54 Å². The molecule has 0 aromatic rings. The molecular formula is C8H17Cl2N. The molecule has 0 atom stereocenters. The van der Waals surface area contributed by atoms with Gasteiger partial charge in [-0.3, -0.25) is 0 Å². The predicted molar refractivity (Wildman–Crippen MR) is 52.7 cm³/mol. The molecule has 3 heteroatoms. The van der Waals surface area contributed by atoms with Gasteiger partial charge in [0.1, 0.15) is 0 Å². The molecule has 0 heterocycles. The van der Waals surface area contributed by atoms with Gasteiger partial charge in [-0.15, -0.1) is 23.2 Å². The molecule has 0 amide bonds. The van der Waals surface area contributed by atoms with E-state index in [9.17, 15) is 0 Å². The summed E-state index contributed by atoms with van der Waals surface area (Å²) in [6, 6.07) is 0. The van der Waals surface area contributed by atoms with E-state index in [1.165, 1.54) is 0 Å². The lowest BCUT2D eigenvalue weighted by molar-refractivity contribution is 0.402. The first kappa shape index (κ1) is 11.5. The lowest BCUT2D eigenvalue weighted by Crippen LogP contribution is -2.47. The second-order valence-corrected chi connectivity index (χ2v) is 4.14. The first-order chi connectivity index (χ1) is 5.04. The van der Waals surface area contributed by atoms with Crippen LogP contribution in [0.15, 0.2) is 0 Å². The number of hydrogen-bond acceptors (Lipinski definition) is 1. The zero-order chi connectivity index (χ0) is 8.91. The minimum absolute atomic E-state index is 0.104. The van der Waals surface area contributed by atoms with E-state index in [1.807, 2.05) is 6.92 Å². The first-order valence-corrected chi connectivity index (χ1v) is 4.98. The normalized spacial score (nSPS) is 12.5. The summed E-state index contributed by atoms with van der Waals surface area (Å²) in [4.78, 5) is 0. The number of rotatable bonds is 5. The molecule has 0 saturated carbocycles. The highest BCUT2D eigenvalue weighted by molar-refractivity contribution is 6.22. The van der Waals surface area contributed by atoms with E-state index in [0.717, 1.165) is 6.54 Å². The van der Waals surface area contributed by atoms with Gasteiger partial charge in [-0.25, -0.2) is 0 Å². The van der Waals surface area contributed by atoms with E-state index in [0.29, 0.717) is 17.7 Å². The van der Waals surface area contributed by atoms with Crippen LogP contribution in [0.25, 0.3) is 0 Å². The van der Waals surface area contributed by atoms with Gasteiger partial charge in [0.2, 0.25) is 0 Å². The van der Waals surface area contributed by atoms with Crippen LogP contribution >= 0.6 is 23.2 Å². The van der Waals surface area contributed by atoms with Crippen molar-refractivity contribution in [3.05, 3.63) is 0 Å². The Labute approximate surface area is 79.5 Å². The van der Waals surface area contributed by atoms with Crippen LogP contribution in [-0.4, -0.2) is 23.8 Å². The predicted octanol–water partition coefficient (Wildman–Crippen LogP) is 2.47. The van der Waals surface area contributed by atoms with Crippen molar-refractivity contribution in [3.8, 4) is 0 Å². The maximum absolute atomic E-state index is 5.75. The van der Waals surface area contributed by atoms with Crippen molar-refractivity contribution in [1.82, 2.24) is 5.32 Å². The van der Waals surface area contributed by atoms with Crippen LogP contribution in [0.5, 0.6) is 0 Å². The van der Waals surface area contributed by atoms with Gasteiger partial charge in [-0.1, -0.05) is 13.8 Å². The summed E-state index contributed by atoms with van der Waals surface area (Å²) < 4.78 is 0. The van der Waals surface area contributed by atoms with Crippen LogP contribution in [0.4, 0.5) is 0 Å². The summed E-state index contributed by atoms with van der Waals surface area (Å²) in [7, 11) is 0. The second kappa shape index (κ2) is 5.23. The first-order valence-electron chi connectivity index (χ1n) is 3.91. The smallest absolute Gasteiger partial charge is 0.0425 e. The van der Waals surface area contributed by atoms with Gasteiger partial charge in [0.05, 0.1) is 0 Å². The number of nitrogens with one attached hydrogen (secondary N) is 1. The van der Waals surface area contributed by atoms with Crippen molar-refractivity contribution in [2.45, 2.75) is 26.3 Å². The minimum atomic E-state index is -0.104. The van der Waals surface area contributed by atoms with Crippen LogP contribution in [-0.2, 0) is 0 Å². The van der Waals surface area contributed by atoms with E-state index in [2.05, 4.69) is 19.2 Å². The number of alkyl halides is 2. The van der Waals surface area contributed by atoms with Gasteiger partial charge < -0.3 is 5.32 Å². The molecule has 0 aliphatic carbocycles. The van der Waals surface area contributed by atoms with Crippen molar-refractivity contribution >= 4 is 23.2 Å². The summed E-state index contributed by atoms with van der Waals surface area (Å²) >= 11 is 11.5. The monoisotopic (exact) mass is 197 g/mol. The molecule has 0 unspecified atom stereocenters.